The van der Waals surface area contributed by atoms with E-state index in [-0.39, 0.29) is 5.57 Å². The van der Waals surface area contributed by atoms with Crippen molar-refractivity contribution in [1.29, 1.82) is 0 Å². The number of imide groups is 2. The van der Waals surface area contributed by atoms with Crippen LogP contribution in [-0.2, 0) is 9.59 Å². The van der Waals surface area contributed by atoms with Gasteiger partial charge in [-0.2, -0.15) is 0 Å². The molecule has 0 radical (unpaired) electrons. The minimum Gasteiger partial charge on any atom is -0.318 e. The van der Waals surface area contributed by atoms with E-state index in [2.05, 4.69) is 35.0 Å². The van der Waals surface area contributed by atoms with E-state index < -0.39 is 17.8 Å². The molecule has 0 aliphatic carbocycles. The van der Waals surface area contributed by atoms with Crippen LogP contribution in [0.25, 0.3) is 11.8 Å². The number of amides is 4. The predicted molar refractivity (Wildman–Crippen MR) is 130 cm³/mol. The molecule has 33 heavy (non-hydrogen) atoms. The molecule has 4 rings (SSSR count). The third kappa shape index (κ3) is 4.00. The molecule has 1 fully saturated rings. The highest BCUT2D eigenvalue weighted by atomic mass is 16.2. The van der Waals surface area contributed by atoms with Crippen LogP contribution in [0.15, 0.2) is 48.0 Å². The van der Waals surface area contributed by atoms with Crippen LogP contribution in [0.4, 0.5) is 10.5 Å². The maximum Gasteiger partial charge on any atom is 0.335 e. The molecule has 0 unspecified atom stereocenters. The number of aromatic nitrogens is 1. The van der Waals surface area contributed by atoms with Gasteiger partial charge in [0.1, 0.15) is 5.57 Å². The van der Waals surface area contributed by atoms with Crippen molar-refractivity contribution in [2.75, 3.05) is 4.90 Å². The molecule has 0 spiro atoms. The first-order chi connectivity index (χ1) is 15.6. The Balaban J connectivity index is 1.80. The minimum absolute atomic E-state index is 0.0741. The van der Waals surface area contributed by atoms with Crippen LogP contribution in [0.5, 0.6) is 0 Å². The van der Waals surface area contributed by atoms with Crippen LogP contribution in [0.3, 0.4) is 0 Å². The Morgan fingerprint density at radius 3 is 2.12 bits per heavy atom. The summed E-state index contributed by atoms with van der Waals surface area (Å²) < 4.78 is 2.12. The highest BCUT2D eigenvalue weighted by Crippen LogP contribution is 2.28. The first-order valence-electron chi connectivity index (χ1n) is 10.8. The number of hydrogen-bond acceptors (Lipinski definition) is 3. The van der Waals surface area contributed by atoms with Gasteiger partial charge in [-0.1, -0.05) is 18.2 Å². The molecule has 2 heterocycles. The Labute approximate surface area is 193 Å². The molecule has 6 nitrogen and oxygen atoms in total. The Hall–Kier alpha value is -3.93. The molecule has 6 heteroatoms. The van der Waals surface area contributed by atoms with Crippen LogP contribution in [0.2, 0.25) is 0 Å². The van der Waals surface area contributed by atoms with Crippen molar-refractivity contribution in [2.45, 2.75) is 41.5 Å². The second-order valence-electron chi connectivity index (χ2n) is 8.76. The minimum atomic E-state index is -0.743. The average Bonchev–Trinajstić information content (AvgIpc) is 2.99. The molecule has 168 valence electrons. The zero-order chi connectivity index (χ0) is 24.0. The predicted octanol–water partition coefficient (Wildman–Crippen LogP) is 4.99. The van der Waals surface area contributed by atoms with Gasteiger partial charge in [0.15, 0.2) is 0 Å². The second kappa shape index (κ2) is 8.20. The summed E-state index contributed by atoms with van der Waals surface area (Å²) in [5.41, 5.74) is 8.18. The van der Waals surface area contributed by atoms with Crippen molar-refractivity contribution in [3.05, 3.63) is 87.2 Å². The van der Waals surface area contributed by atoms with Gasteiger partial charge in [-0.25, -0.2) is 9.69 Å². The lowest BCUT2D eigenvalue weighted by molar-refractivity contribution is -0.122. The topological polar surface area (TPSA) is 71.4 Å². The number of nitrogens with zero attached hydrogens (tertiary/aromatic N) is 2. The summed E-state index contributed by atoms with van der Waals surface area (Å²) in [6, 6.07) is 12.9. The normalized spacial score (nSPS) is 15.4. The van der Waals surface area contributed by atoms with E-state index in [4.69, 9.17) is 0 Å². The highest BCUT2D eigenvalue weighted by Gasteiger charge is 2.37. The van der Waals surface area contributed by atoms with Gasteiger partial charge in [0.25, 0.3) is 11.8 Å². The summed E-state index contributed by atoms with van der Waals surface area (Å²) in [6.07, 6.45) is 1.57. The fraction of sp³-hybridized carbons (Fsp3) is 0.222. The number of barbiturate groups is 1. The zero-order valence-corrected chi connectivity index (χ0v) is 19.7. The lowest BCUT2D eigenvalue weighted by Gasteiger charge is -2.27. The average molecular weight is 442 g/mol. The van der Waals surface area contributed by atoms with E-state index in [0.717, 1.165) is 49.8 Å². The van der Waals surface area contributed by atoms with Gasteiger partial charge >= 0.3 is 6.03 Å². The van der Waals surface area contributed by atoms with Crippen LogP contribution < -0.4 is 10.2 Å². The quantitative estimate of drug-likeness (QED) is 0.460. The van der Waals surface area contributed by atoms with Gasteiger partial charge in [-0.15, -0.1) is 0 Å². The monoisotopic (exact) mass is 441 g/mol. The smallest absolute Gasteiger partial charge is 0.318 e. The molecular formula is C27H27N3O3. The number of carbonyl (C=O) groups excluding carboxylic acids is 3. The molecule has 3 aromatic rings. The molecule has 0 bridgehead atoms. The molecular weight excluding hydrogens is 414 g/mol. The van der Waals surface area contributed by atoms with Gasteiger partial charge in [0.2, 0.25) is 0 Å². The molecule has 4 amide bonds. The molecule has 1 aliphatic heterocycles. The van der Waals surface area contributed by atoms with Crippen molar-refractivity contribution in [1.82, 2.24) is 9.88 Å². The van der Waals surface area contributed by atoms with Gasteiger partial charge in [0.05, 0.1) is 5.69 Å². The van der Waals surface area contributed by atoms with Crippen molar-refractivity contribution < 1.29 is 14.4 Å². The molecule has 0 atom stereocenters. The molecule has 1 aromatic heterocycles. The fourth-order valence-electron chi connectivity index (χ4n) is 4.39. The number of aryl methyl sites for hydroxylation is 5. The largest absolute Gasteiger partial charge is 0.335 e. The summed E-state index contributed by atoms with van der Waals surface area (Å²) in [4.78, 5) is 39.5. The molecule has 1 saturated heterocycles. The molecule has 1 aliphatic rings. The number of hydrogen-bond donors (Lipinski definition) is 1. The Morgan fingerprint density at radius 2 is 1.45 bits per heavy atom. The summed E-state index contributed by atoms with van der Waals surface area (Å²) in [5, 5.41) is 2.31. The standard InChI is InChI=1S/C27H27N3O3/c1-15-7-8-18(4)24(12-15)29-19(5)13-21(20(29)6)14-23-25(31)28-27(33)30(26(23)32)22-10-16(2)9-17(3)11-22/h7-14H,1-6H3,(H,28,31,33)/b23-14+. The zero-order valence-electron chi connectivity index (χ0n) is 19.7. The van der Waals surface area contributed by atoms with Gasteiger partial charge < -0.3 is 4.57 Å². The highest BCUT2D eigenvalue weighted by molar-refractivity contribution is 6.39. The third-order valence-electron chi connectivity index (χ3n) is 5.94. The number of urea groups is 1. The number of benzene rings is 2. The number of rotatable bonds is 3. The lowest BCUT2D eigenvalue weighted by atomic mass is 10.1. The summed E-state index contributed by atoms with van der Waals surface area (Å²) >= 11 is 0. The van der Waals surface area contributed by atoms with Crippen LogP contribution in [0, 0.1) is 41.5 Å². The second-order valence-corrected chi connectivity index (χ2v) is 8.76. The summed E-state index contributed by atoms with van der Waals surface area (Å²) in [7, 11) is 0. The third-order valence-corrected chi connectivity index (χ3v) is 5.94. The van der Waals surface area contributed by atoms with E-state index in [0.29, 0.717) is 5.69 Å². The van der Waals surface area contributed by atoms with E-state index in [1.165, 1.54) is 0 Å². The Kier molecular flexibility index (Phi) is 5.54. The maximum atomic E-state index is 13.3. The van der Waals surface area contributed by atoms with Gasteiger partial charge in [-0.05, 0) is 99.7 Å². The van der Waals surface area contributed by atoms with Crippen molar-refractivity contribution in [2.24, 2.45) is 0 Å². The van der Waals surface area contributed by atoms with Crippen molar-refractivity contribution in [3.63, 3.8) is 0 Å². The molecule has 1 N–H and O–H groups in total. The Morgan fingerprint density at radius 1 is 0.788 bits per heavy atom. The summed E-state index contributed by atoms with van der Waals surface area (Å²) in [5.74, 6) is -1.33. The lowest BCUT2D eigenvalue weighted by Crippen LogP contribution is -2.54. The molecule has 2 aromatic carbocycles. The van der Waals surface area contributed by atoms with E-state index in [1.54, 1.807) is 18.2 Å². The van der Waals surface area contributed by atoms with Gasteiger partial charge in [-0.3, -0.25) is 14.9 Å². The van der Waals surface area contributed by atoms with Crippen LogP contribution >= 0.6 is 0 Å². The first-order valence-corrected chi connectivity index (χ1v) is 10.8. The summed E-state index contributed by atoms with van der Waals surface area (Å²) in [6.45, 7) is 11.8. The fourth-order valence-corrected chi connectivity index (χ4v) is 4.39. The van der Waals surface area contributed by atoms with Crippen LogP contribution in [-0.4, -0.2) is 22.4 Å². The number of anilines is 1. The maximum absolute atomic E-state index is 13.3. The SMILES string of the molecule is Cc1cc(C)cc(N2C(=O)NC(=O)/C(=C\c3cc(C)n(-c4cc(C)ccc4C)c3C)C2=O)c1. The van der Waals surface area contributed by atoms with E-state index >= 15 is 0 Å². The number of carbonyl (C=O) groups is 3. The Bertz CT molecular complexity index is 1340. The van der Waals surface area contributed by atoms with Crippen molar-refractivity contribution >= 4 is 29.6 Å². The van der Waals surface area contributed by atoms with Gasteiger partial charge in [0, 0.05) is 17.1 Å². The van der Waals surface area contributed by atoms with Crippen LogP contribution in [0.1, 0.15) is 39.2 Å². The van der Waals surface area contributed by atoms with E-state index in [9.17, 15) is 14.4 Å². The van der Waals surface area contributed by atoms with Crippen molar-refractivity contribution in [3.8, 4) is 5.69 Å². The first kappa shape index (κ1) is 22.3. The van der Waals surface area contributed by atoms with E-state index in [1.807, 2.05) is 46.8 Å². The number of nitrogens with one attached hydrogen (secondary N) is 1. The molecule has 0 saturated carbocycles.